The van der Waals surface area contributed by atoms with Gasteiger partial charge in [-0.1, -0.05) is 11.2 Å². The molecule has 0 spiro atoms. The van der Waals surface area contributed by atoms with Crippen LogP contribution in [-0.2, 0) is 24.8 Å². The molecular weight excluding hydrogens is 579 g/mol. The fraction of sp³-hybridized carbons (Fsp3) is 0.407. The number of carbonyl (C=O) groups excluding carboxylic acids is 3. The Morgan fingerprint density at radius 3 is 2.17 bits per heavy atom. The molecule has 228 valence electrons. The van der Waals surface area contributed by atoms with Crippen LogP contribution in [0.3, 0.4) is 0 Å². The SMILES string of the molecule is COCC(=O)N(CC(=O)NCC(F)(F)F)C(=O)c1ccc(C2=NOC(c3cc(C)c(F)c(C)c3)(C(F)(F)F)C2)cc1C. The van der Waals surface area contributed by atoms with E-state index in [1.54, 1.807) is 5.32 Å². The second-order valence-corrected chi connectivity index (χ2v) is 9.69. The lowest BCUT2D eigenvalue weighted by Gasteiger charge is -2.30. The summed E-state index contributed by atoms with van der Waals surface area (Å²) in [6.07, 6.45) is -10.4. The Morgan fingerprint density at radius 1 is 1.02 bits per heavy atom. The van der Waals surface area contributed by atoms with Gasteiger partial charge in [0, 0.05) is 24.7 Å². The first-order chi connectivity index (χ1) is 19.4. The van der Waals surface area contributed by atoms with Gasteiger partial charge in [-0.2, -0.15) is 26.3 Å². The number of aryl methyl sites for hydroxylation is 3. The molecule has 2 aromatic carbocycles. The highest BCUT2D eigenvalue weighted by Crippen LogP contribution is 2.49. The van der Waals surface area contributed by atoms with E-state index >= 15 is 0 Å². The van der Waals surface area contributed by atoms with Crippen molar-refractivity contribution in [3.63, 3.8) is 0 Å². The van der Waals surface area contributed by atoms with E-state index in [-0.39, 0.29) is 39.1 Å². The molecule has 1 heterocycles. The van der Waals surface area contributed by atoms with E-state index in [0.29, 0.717) is 4.90 Å². The quantitative estimate of drug-likeness (QED) is 0.443. The van der Waals surface area contributed by atoms with Crippen LogP contribution in [0.15, 0.2) is 35.5 Å². The largest absolute Gasteiger partial charge is 0.435 e. The van der Waals surface area contributed by atoms with Crippen LogP contribution in [0.4, 0.5) is 30.7 Å². The minimum atomic E-state index is -4.95. The van der Waals surface area contributed by atoms with Crippen molar-refractivity contribution in [3.8, 4) is 0 Å². The number of hydrogen-bond acceptors (Lipinski definition) is 6. The van der Waals surface area contributed by atoms with Gasteiger partial charge in [0.1, 0.15) is 25.5 Å². The Balaban J connectivity index is 1.89. The van der Waals surface area contributed by atoms with Crippen LogP contribution in [0.1, 0.15) is 44.6 Å². The lowest BCUT2D eigenvalue weighted by Crippen LogP contribution is -2.47. The Kier molecular flexibility index (Phi) is 9.35. The Labute approximate surface area is 235 Å². The van der Waals surface area contributed by atoms with Gasteiger partial charge in [0.05, 0.1) is 5.71 Å². The summed E-state index contributed by atoms with van der Waals surface area (Å²) in [7, 11) is 1.13. The van der Waals surface area contributed by atoms with Crippen LogP contribution < -0.4 is 5.32 Å². The number of nitrogens with one attached hydrogen (secondary N) is 1. The number of carbonyl (C=O) groups is 3. The molecule has 1 unspecified atom stereocenters. The molecule has 8 nitrogen and oxygen atoms in total. The normalized spacial score (nSPS) is 17.0. The van der Waals surface area contributed by atoms with Crippen molar-refractivity contribution in [2.45, 2.75) is 45.1 Å². The molecule has 0 radical (unpaired) electrons. The highest BCUT2D eigenvalue weighted by Gasteiger charge is 2.62. The zero-order valence-corrected chi connectivity index (χ0v) is 22.8. The van der Waals surface area contributed by atoms with E-state index in [2.05, 4.69) is 5.16 Å². The molecule has 15 heteroatoms. The summed E-state index contributed by atoms with van der Waals surface area (Å²) in [5.41, 5.74) is -3.25. The Bertz CT molecular complexity index is 1400. The second-order valence-electron chi connectivity index (χ2n) is 9.69. The lowest BCUT2D eigenvalue weighted by atomic mass is 9.84. The van der Waals surface area contributed by atoms with Crippen LogP contribution >= 0.6 is 0 Å². The maximum atomic E-state index is 14.4. The molecule has 1 N–H and O–H groups in total. The van der Waals surface area contributed by atoms with E-state index in [1.807, 2.05) is 0 Å². The van der Waals surface area contributed by atoms with Crippen molar-refractivity contribution in [2.24, 2.45) is 5.16 Å². The summed E-state index contributed by atoms with van der Waals surface area (Å²) in [5, 5.41) is 5.23. The standard InChI is InChI=1S/C27H26F7N3O5/c1-14-7-17(20-10-25(42-36-20,27(32,33)34)18-8-15(2)23(28)16(3)9-18)5-6-19(14)24(40)37(22(39)12-41-4)11-21(38)35-13-26(29,30)31/h5-9H,10-13H2,1-4H3,(H,35,38). The molecular formula is C27H26F7N3O5. The molecule has 1 atom stereocenters. The second kappa shape index (κ2) is 12.1. The third-order valence-corrected chi connectivity index (χ3v) is 6.48. The van der Waals surface area contributed by atoms with Crippen molar-refractivity contribution < 1.29 is 54.7 Å². The van der Waals surface area contributed by atoms with Crippen LogP contribution in [0.2, 0.25) is 0 Å². The summed E-state index contributed by atoms with van der Waals surface area (Å²) >= 11 is 0. The van der Waals surface area contributed by atoms with E-state index in [4.69, 9.17) is 9.57 Å². The summed E-state index contributed by atoms with van der Waals surface area (Å²) < 4.78 is 99.3. The van der Waals surface area contributed by atoms with Gasteiger partial charge >= 0.3 is 12.4 Å². The molecule has 0 saturated heterocycles. The van der Waals surface area contributed by atoms with Crippen LogP contribution in [0.5, 0.6) is 0 Å². The Morgan fingerprint density at radius 2 is 1.64 bits per heavy atom. The number of rotatable bonds is 8. The van der Waals surface area contributed by atoms with Crippen molar-refractivity contribution >= 4 is 23.4 Å². The Hall–Kier alpha value is -4.01. The van der Waals surface area contributed by atoms with E-state index in [1.165, 1.54) is 39.0 Å². The van der Waals surface area contributed by atoms with Gasteiger partial charge in [-0.15, -0.1) is 0 Å². The van der Waals surface area contributed by atoms with Gasteiger partial charge in [-0.05, 0) is 67.3 Å². The highest BCUT2D eigenvalue weighted by molar-refractivity contribution is 6.09. The lowest BCUT2D eigenvalue weighted by molar-refractivity contribution is -0.275. The smallest absolute Gasteiger partial charge is 0.375 e. The first kappa shape index (κ1) is 32.5. The summed E-state index contributed by atoms with van der Waals surface area (Å²) in [5.74, 6) is -3.97. The number of benzene rings is 2. The van der Waals surface area contributed by atoms with Gasteiger partial charge in [0.2, 0.25) is 5.91 Å². The van der Waals surface area contributed by atoms with Gasteiger partial charge < -0.3 is 14.9 Å². The molecule has 3 rings (SSSR count). The highest BCUT2D eigenvalue weighted by atomic mass is 19.4. The summed E-state index contributed by atoms with van der Waals surface area (Å²) in [6, 6.07) is 5.82. The van der Waals surface area contributed by atoms with Crippen LogP contribution in [0, 0.1) is 26.6 Å². The fourth-order valence-electron chi connectivity index (χ4n) is 4.34. The molecule has 3 amide bonds. The third-order valence-electron chi connectivity index (χ3n) is 6.48. The molecule has 0 fully saturated rings. The number of ether oxygens (including phenoxy) is 1. The number of nitrogens with zero attached hydrogens (tertiary/aromatic N) is 2. The molecule has 0 saturated carbocycles. The average Bonchev–Trinajstić information content (AvgIpc) is 3.35. The average molecular weight is 606 g/mol. The minimum absolute atomic E-state index is 0.0101. The minimum Gasteiger partial charge on any atom is -0.375 e. The van der Waals surface area contributed by atoms with Gasteiger partial charge in [-0.25, -0.2) is 4.39 Å². The van der Waals surface area contributed by atoms with E-state index in [0.717, 1.165) is 19.2 Å². The molecule has 1 aliphatic heterocycles. The molecule has 2 aromatic rings. The van der Waals surface area contributed by atoms with Crippen molar-refractivity contribution in [2.75, 3.05) is 26.8 Å². The molecule has 0 aromatic heterocycles. The van der Waals surface area contributed by atoms with Crippen molar-refractivity contribution in [3.05, 3.63) is 69.5 Å². The topological polar surface area (TPSA) is 97.3 Å². The number of imide groups is 1. The predicted octanol–water partition coefficient (Wildman–Crippen LogP) is 4.63. The summed E-state index contributed by atoms with van der Waals surface area (Å²) in [4.78, 5) is 43.1. The van der Waals surface area contributed by atoms with Crippen LogP contribution in [-0.4, -0.2) is 67.5 Å². The van der Waals surface area contributed by atoms with Crippen LogP contribution in [0.25, 0.3) is 0 Å². The molecule has 42 heavy (non-hydrogen) atoms. The van der Waals surface area contributed by atoms with Gasteiger partial charge in [-0.3, -0.25) is 19.3 Å². The number of halogens is 7. The van der Waals surface area contributed by atoms with Crippen molar-refractivity contribution in [1.29, 1.82) is 0 Å². The molecule has 0 bridgehead atoms. The number of hydrogen-bond donors (Lipinski definition) is 1. The van der Waals surface area contributed by atoms with Gasteiger partial charge in [0.15, 0.2) is 0 Å². The predicted molar refractivity (Wildman–Crippen MR) is 134 cm³/mol. The molecule has 0 aliphatic carbocycles. The first-order valence-electron chi connectivity index (χ1n) is 12.3. The van der Waals surface area contributed by atoms with Gasteiger partial charge in [0.25, 0.3) is 17.4 Å². The number of methoxy groups -OCH3 is 1. The van der Waals surface area contributed by atoms with Crippen molar-refractivity contribution in [1.82, 2.24) is 10.2 Å². The maximum absolute atomic E-state index is 14.4. The maximum Gasteiger partial charge on any atom is 0.435 e. The summed E-state index contributed by atoms with van der Waals surface area (Å²) in [6.45, 7) is 0.674. The molecule has 1 aliphatic rings. The van der Waals surface area contributed by atoms with E-state index < -0.39 is 67.6 Å². The zero-order chi connectivity index (χ0) is 31.6. The number of amides is 3. The number of alkyl halides is 6. The first-order valence-corrected chi connectivity index (χ1v) is 12.3. The van der Waals surface area contributed by atoms with E-state index in [9.17, 15) is 45.1 Å². The number of oxime groups is 1. The zero-order valence-electron chi connectivity index (χ0n) is 22.8. The fourth-order valence-corrected chi connectivity index (χ4v) is 4.34. The monoisotopic (exact) mass is 605 g/mol. The third kappa shape index (κ3) is 6.89.